The molecular weight excluding hydrogens is 790 g/mol. The van der Waals surface area contributed by atoms with Crippen LogP contribution in [0.2, 0.25) is 0 Å². The molecule has 0 radical (unpaired) electrons. The highest BCUT2D eigenvalue weighted by Crippen LogP contribution is 2.62. The molecule has 2 heterocycles. The topological polar surface area (TPSA) is 206 Å². The Hall–Kier alpha value is -3.74. The summed E-state index contributed by atoms with van der Waals surface area (Å²) in [6, 6.07) is 1.81. The molecular formula is C38H50BrNO15. The monoisotopic (exact) mass is 839 g/mol. The molecule has 3 aliphatic rings. The number of hydrogen-bond acceptors (Lipinski definition) is 14. The normalized spacial score (nSPS) is 26.5. The fraction of sp³-hybridized carbons (Fsp3) is 0.632. The Balaban J connectivity index is 1.71. The van der Waals surface area contributed by atoms with Gasteiger partial charge in [-0.2, -0.15) is 0 Å². The summed E-state index contributed by atoms with van der Waals surface area (Å²) in [4.78, 5) is 54.0. The number of rotatable bonds is 12. The highest BCUT2D eigenvalue weighted by atomic mass is 79.9. The van der Waals surface area contributed by atoms with Crippen LogP contribution in [-0.2, 0) is 44.4 Å². The van der Waals surface area contributed by atoms with Crippen LogP contribution in [0.1, 0.15) is 79.9 Å². The Morgan fingerprint density at radius 3 is 2.33 bits per heavy atom. The van der Waals surface area contributed by atoms with Crippen molar-refractivity contribution in [1.82, 2.24) is 4.90 Å². The van der Waals surface area contributed by atoms with Gasteiger partial charge in [-0.1, -0.05) is 22.9 Å². The smallest absolute Gasteiger partial charge is 0.410 e. The maximum absolute atomic E-state index is 14.3. The van der Waals surface area contributed by atoms with Crippen LogP contribution in [0.15, 0.2) is 6.07 Å². The van der Waals surface area contributed by atoms with Crippen LogP contribution < -0.4 is 9.47 Å². The molecule has 4 unspecified atom stereocenters. The number of ketones is 1. The molecule has 17 heteroatoms. The van der Waals surface area contributed by atoms with Gasteiger partial charge in [-0.15, -0.1) is 0 Å². The fourth-order valence-electron chi connectivity index (χ4n) is 8.16. The summed E-state index contributed by atoms with van der Waals surface area (Å²) in [7, 11) is 6.52. The number of aliphatic carboxylic acids is 1. The number of carboxylic acids is 1. The van der Waals surface area contributed by atoms with Crippen molar-refractivity contribution in [3.05, 3.63) is 28.3 Å². The fourth-order valence-corrected chi connectivity index (χ4v) is 9.07. The van der Waals surface area contributed by atoms with Crippen molar-refractivity contribution >= 4 is 50.5 Å². The van der Waals surface area contributed by atoms with Crippen LogP contribution in [0.5, 0.6) is 17.2 Å². The zero-order valence-corrected chi connectivity index (χ0v) is 34.3. The lowest BCUT2D eigenvalue weighted by atomic mass is 9.76. The number of aryl methyl sites for hydroxylation is 1. The molecule has 0 bridgehead atoms. The van der Waals surface area contributed by atoms with E-state index in [2.05, 4.69) is 15.9 Å². The highest BCUT2D eigenvalue weighted by Gasteiger charge is 2.83. The molecule has 304 valence electrons. The van der Waals surface area contributed by atoms with Crippen molar-refractivity contribution in [2.45, 2.75) is 101 Å². The standard InChI is InChI=1S/C38H50BrNO15/c1-18-16-22-26(27(42)25-20(28(22)48-7)12-11-13-23(25)41)29-24(18)19(2)30-38(51-10,52-29)36(17-39,37(47,53-30)33(49-8)50-9)54-32(45)21(31(43)44)14-15-40(6)34(46)55-35(3,4)5/h16,19,21,30,33,42,47H,11-15,17H2,1-10H3,(H,43,44)/t19?,21?,30?,36-,37?,38-/m1/s1. The quantitative estimate of drug-likeness (QED) is 0.116. The lowest BCUT2D eigenvalue weighted by molar-refractivity contribution is -0.369. The van der Waals surface area contributed by atoms with Gasteiger partial charge in [-0.05, 0) is 58.6 Å². The first kappa shape index (κ1) is 42.4. The van der Waals surface area contributed by atoms with Gasteiger partial charge in [0.15, 0.2) is 11.7 Å². The third-order valence-electron chi connectivity index (χ3n) is 10.7. The van der Waals surface area contributed by atoms with Gasteiger partial charge in [-0.25, -0.2) is 4.79 Å². The summed E-state index contributed by atoms with van der Waals surface area (Å²) >= 11 is 3.40. The lowest BCUT2D eigenvalue weighted by Crippen LogP contribution is -2.74. The molecule has 0 aromatic heterocycles. The lowest BCUT2D eigenvalue weighted by Gasteiger charge is -2.50. The summed E-state index contributed by atoms with van der Waals surface area (Å²) in [5, 5.41) is 35.0. The molecule has 1 aliphatic carbocycles. The number of phenolic OH excluding ortho intramolecular Hbond substituents is 1. The van der Waals surface area contributed by atoms with Gasteiger partial charge in [0.05, 0.1) is 23.4 Å². The number of carbonyl (C=O) groups is 4. The van der Waals surface area contributed by atoms with E-state index >= 15 is 0 Å². The van der Waals surface area contributed by atoms with Crippen LogP contribution in [0.4, 0.5) is 4.79 Å². The highest BCUT2D eigenvalue weighted by molar-refractivity contribution is 9.09. The predicted molar refractivity (Wildman–Crippen MR) is 198 cm³/mol. The first-order valence-electron chi connectivity index (χ1n) is 17.8. The summed E-state index contributed by atoms with van der Waals surface area (Å²) in [6.07, 6.45) is -2.88. The van der Waals surface area contributed by atoms with Crippen molar-refractivity contribution in [1.29, 1.82) is 0 Å². The number of carbonyl (C=O) groups excluding carboxylic acids is 3. The van der Waals surface area contributed by atoms with E-state index in [0.717, 1.165) is 4.90 Å². The van der Waals surface area contributed by atoms with Gasteiger partial charge < -0.3 is 58.1 Å². The van der Waals surface area contributed by atoms with Gasteiger partial charge in [0.2, 0.25) is 11.9 Å². The number of benzene rings is 2. The minimum Gasteiger partial charge on any atom is -0.506 e. The van der Waals surface area contributed by atoms with Crippen molar-refractivity contribution in [3.8, 4) is 17.2 Å². The molecule has 55 heavy (non-hydrogen) atoms. The van der Waals surface area contributed by atoms with Crippen molar-refractivity contribution in [3.63, 3.8) is 0 Å². The Bertz CT molecular complexity index is 1870. The van der Waals surface area contributed by atoms with Crippen LogP contribution in [0.25, 0.3) is 10.8 Å². The van der Waals surface area contributed by atoms with E-state index in [1.807, 2.05) is 13.0 Å². The Morgan fingerprint density at radius 2 is 1.78 bits per heavy atom. The van der Waals surface area contributed by atoms with E-state index in [4.69, 9.17) is 37.9 Å². The molecule has 3 N–H and O–H groups in total. The Kier molecular flexibility index (Phi) is 11.8. The second-order valence-corrected chi connectivity index (χ2v) is 15.7. The molecule has 2 aliphatic heterocycles. The Morgan fingerprint density at radius 1 is 1.13 bits per heavy atom. The number of alkyl halides is 1. The first-order valence-corrected chi connectivity index (χ1v) is 18.9. The number of halogens is 1. The van der Waals surface area contributed by atoms with Crippen LogP contribution in [-0.4, -0.2) is 127 Å². The first-order chi connectivity index (χ1) is 25.7. The molecule has 2 aromatic carbocycles. The molecule has 6 atom stereocenters. The molecule has 2 aromatic rings. The Labute approximate surface area is 327 Å². The third-order valence-corrected chi connectivity index (χ3v) is 11.5. The number of nitrogens with zero attached hydrogens (tertiary/aromatic N) is 1. The number of aromatic hydroxyl groups is 1. The number of fused-ring (bicyclic) bond motifs is 5. The van der Waals surface area contributed by atoms with E-state index in [1.165, 1.54) is 35.5 Å². The minimum absolute atomic E-state index is 0.0342. The molecule has 1 saturated heterocycles. The average molecular weight is 841 g/mol. The van der Waals surface area contributed by atoms with E-state index in [1.54, 1.807) is 27.7 Å². The number of methoxy groups -OCH3 is 4. The number of Topliss-reactive ketones (excluding diaryl/α,β-unsaturated/α-hetero) is 1. The average Bonchev–Trinajstić information content (AvgIpc) is 3.32. The number of carboxylic acid groups (broad SMARTS) is 1. The SMILES string of the molecule is COc1c2c(c(O)c3c4c(c(C)cc13)C(C)C1OC(O)(C(OC)OC)[C@@](CBr)(OC(=O)C(CCN(C)C(=O)OC(C)(C)C)C(=O)O)[C@]1(OC)O4)C(=O)CCC2. The largest absolute Gasteiger partial charge is 0.506 e. The van der Waals surface area contributed by atoms with Gasteiger partial charge in [-0.3, -0.25) is 14.4 Å². The number of esters is 1. The summed E-state index contributed by atoms with van der Waals surface area (Å²) in [6.45, 7) is 8.37. The van der Waals surface area contributed by atoms with Gasteiger partial charge >= 0.3 is 18.0 Å². The molecule has 0 saturated carbocycles. The number of phenols is 1. The number of aliphatic hydroxyl groups is 1. The predicted octanol–water partition coefficient (Wildman–Crippen LogP) is 4.56. The second kappa shape index (κ2) is 15.3. The van der Waals surface area contributed by atoms with Crippen molar-refractivity contribution in [2.75, 3.05) is 47.4 Å². The molecule has 1 amide bonds. The summed E-state index contributed by atoms with van der Waals surface area (Å²) in [5.41, 5.74) is -1.49. The van der Waals surface area contributed by atoms with E-state index in [0.29, 0.717) is 40.7 Å². The van der Waals surface area contributed by atoms with Crippen LogP contribution in [0, 0.1) is 12.8 Å². The maximum atomic E-state index is 14.3. The number of hydrogen-bond donors (Lipinski definition) is 3. The molecule has 1 fully saturated rings. The minimum atomic E-state index is -2.76. The molecule has 5 rings (SSSR count). The molecule has 0 spiro atoms. The van der Waals surface area contributed by atoms with Crippen molar-refractivity contribution in [2.24, 2.45) is 5.92 Å². The van der Waals surface area contributed by atoms with Crippen molar-refractivity contribution < 1.29 is 72.4 Å². The zero-order valence-electron chi connectivity index (χ0n) is 32.7. The summed E-state index contributed by atoms with van der Waals surface area (Å²) in [5.74, 6) is -10.9. The maximum Gasteiger partial charge on any atom is 0.410 e. The van der Waals surface area contributed by atoms with Gasteiger partial charge in [0, 0.05) is 63.8 Å². The van der Waals surface area contributed by atoms with Crippen LogP contribution >= 0.6 is 15.9 Å². The van der Waals surface area contributed by atoms with Crippen LogP contribution in [0.3, 0.4) is 0 Å². The number of amides is 1. The van der Waals surface area contributed by atoms with E-state index < -0.39 is 76.8 Å². The van der Waals surface area contributed by atoms with Gasteiger partial charge in [0.25, 0.3) is 11.6 Å². The zero-order chi connectivity index (χ0) is 41.0. The summed E-state index contributed by atoms with van der Waals surface area (Å²) < 4.78 is 47.9. The number of ether oxygens (including phenoxy) is 8. The third kappa shape index (κ3) is 6.59. The second-order valence-electron chi connectivity index (χ2n) is 15.1. The van der Waals surface area contributed by atoms with E-state index in [9.17, 15) is 34.5 Å². The van der Waals surface area contributed by atoms with Gasteiger partial charge in [0.1, 0.15) is 29.0 Å². The molecule has 16 nitrogen and oxygen atoms in total. The van der Waals surface area contributed by atoms with E-state index in [-0.39, 0.29) is 41.2 Å².